The maximum atomic E-state index is 12.9. The van der Waals surface area contributed by atoms with E-state index in [1.165, 1.54) is 6.07 Å². The van der Waals surface area contributed by atoms with E-state index in [1.54, 1.807) is 0 Å². The Morgan fingerprint density at radius 3 is 2.73 bits per heavy atom. The molecule has 0 fully saturated rings. The SMILES string of the molecule is COC(=O)/C(F)=C/c1ccc(O)c(F)c1. The fourth-order valence-corrected chi connectivity index (χ4v) is 0.916. The van der Waals surface area contributed by atoms with Crippen molar-refractivity contribution in [2.24, 2.45) is 0 Å². The second-order valence-corrected chi connectivity index (χ2v) is 2.69. The van der Waals surface area contributed by atoms with Gasteiger partial charge < -0.3 is 9.84 Å². The Morgan fingerprint density at radius 2 is 2.20 bits per heavy atom. The molecule has 0 aliphatic heterocycles. The number of aromatic hydroxyl groups is 1. The second kappa shape index (κ2) is 4.54. The molecule has 0 saturated heterocycles. The minimum atomic E-state index is -1.14. The van der Waals surface area contributed by atoms with Crippen LogP contribution < -0.4 is 0 Å². The van der Waals surface area contributed by atoms with Crippen LogP contribution >= 0.6 is 0 Å². The number of esters is 1. The number of benzene rings is 1. The molecular formula is C10H8F2O3. The van der Waals surface area contributed by atoms with Crippen LogP contribution in [0.5, 0.6) is 5.75 Å². The lowest BCUT2D eigenvalue weighted by molar-refractivity contribution is -0.137. The van der Waals surface area contributed by atoms with Crippen molar-refractivity contribution in [3.8, 4) is 5.75 Å². The standard InChI is InChI=1S/C10H8F2O3/c1-15-10(14)8(12)5-6-2-3-9(13)7(11)4-6/h2-5,13H,1H3/b8-5-. The highest BCUT2D eigenvalue weighted by Gasteiger charge is 2.08. The molecule has 1 aromatic carbocycles. The maximum absolute atomic E-state index is 12.9. The molecule has 0 heterocycles. The van der Waals surface area contributed by atoms with Crippen molar-refractivity contribution < 1.29 is 23.4 Å². The van der Waals surface area contributed by atoms with E-state index >= 15 is 0 Å². The van der Waals surface area contributed by atoms with E-state index in [0.29, 0.717) is 0 Å². The van der Waals surface area contributed by atoms with Crippen molar-refractivity contribution >= 4 is 12.0 Å². The Labute approximate surface area is 84.6 Å². The Balaban J connectivity index is 2.98. The maximum Gasteiger partial charge on any atom is 0.366 e. The van der Waals surface area contributed by atoms with Crippen LogP contribution in [0.2, 0.25) is 0 Å². The minimum absolute atomic E-state index is 0.119. The van der Waals surface area contributed by atoms with E-state index in [4.69, 9.17) is 5.11 Å². The summed E-state index contributed by atoms with van der Waals surface area (Å²) in [6.07, 6.45) is 0.814. The number of phenolic OH excluding ortho intramolecular Hbond substituents is 1. The van der Waals surface area contributed by atoms with Crippen LogP contribution in [0.15, 0.2) is 24.0 Å². The number of hydrogen-bond acceptors (Lipinski definition) is 3. The number of ether oxygens (including phenoxy) is 1. The van der Waals surface area contributed by atoms with Crippen molar-refractivity contribution in [3.63, 3.8) is 0 Å². The lowest BCUT2D eigenvalue weighted by Gasteiger charge is -1.98. The molecule has 3 nitrogen and oxygen atoms in total. The van der Waals surface area contributed by atoms with E-state index in [0.717, 1.165) is 25.3 Å². The monoisotopic (exact) mass is 214 g/mol. The van der Waals surface area contributed by atoms with Crippen LogP contribution in [0.3, 0.4) is 0 Å². The normalized spacial score (nSPS) is 11.3. The summed E-state index contributed by atoms with van der Waals surface area (Å²) < 4.78 is 29.8. The van der Waals surface area contributed by atoms with Gasteiger partial charge in [-0.05, 0) is 23.8 Å². The van der Waals surface area contributed by atoms with Gasteiger partial charge in [0, 0.05) is 0 Å². The Hall–Kier alpha value is -1.91. The smallest absolute Gasteiger partial charge is 0.366 e. The Morgan fingerprint density at radius 1 is 1.53 bits per heavy atom. The van der Waals surface area contributed by atoms with Crippen LogP contribution in [0.4, 0.5) is 8.78 Å². The highest BCUT2D eigenvalue weighted by molar-refractivity contribution is 5.91. The predicted molar refractivity (Wildman–Crippen MR) is 49.2 cm³/mol. The van der Waals surface area contributed by atoms with Crippen molar-refractivity contribution in [1.82, 2.24) is 0 Å². The van der Waals surface area contributed by atoms with Crippen LogP contribution in [0.25, 0.3) is 6.08 Å². The highest BCUT2D eigenvalue weighted by atomic mass is 19.1. The van der Waals surface area contributed by atoms with Gasteiger partial charge in [-0.3, -0.25) is 0 Å². The van der Waals surface area contributed by atoms with Gasteiger partial charge in [0.15, 0.2) is 11.6 Å². The Bertz CT molecular complexity index is 413. The summed E-state index contributed by atoms with van der Waals surface area (Å²) in [7, 11) is 1.03. The van der Waals surface area contributed by atoms with E-state index in [-0.39, 0.29) is 5.56 Å². The molecule has 0 aliphatic rings. The molecule has 0 radical (unpaired) electrons. The number of phenols is 1. The minimum Gasteiger partial charge on any atom is -0.505 e. The highest BCUT2D eigenvalue weighted by Crippen LogP contribution is 2.18. The molecule has 0 spiro atoms. The summed E-state index contributed by atoms with van der Waals surface area (Å²) in [6, 6.07) is 3.23. The van der Waals surface area contributed by atoms with Gasteiger partial charge in [-0.15, -0.1) is 0 Å². The molecule has 0 unspecified atom stereocenters. The van der Waals surface area contributed by atoms with Gasteiger partial charge in [0.2, 0.25) is 5.83 Å². The summed E-state index contributed by atoms with van der Waals surface area (Å²) in [5, 5.41) is 8.85. The topological polar surface area (TPSA) is 46.5 Å². The average Bonchev–Trinajstić information content (AvgIpc) is 2.22. The molecule has 1 rings (SSSR count). The molecule has 0 saturated carbocycles. The van der Waals surface area contributed by atoms with Gasteiger partial charge in [-0.1, -0.05) is 6.07 Å². The quantitative estimate of drug-likeness (QED) is 0.605. The first-order valence-electron chi connectivity index (χ1n) is 3.98. The summed E-state index contributed by atoms with van der Waals surface area (Å²) in [6.45, 7) is 0. The van der Waals surface area contributed by atoms with Crippen LogP contribution in [0, 0.1) is 5.82 Å². The molecule has 15 heavy (non-hydrogen) atoms. The van der Waals surface area contributed by atoms with E-state index in [2.05, 4.69) is 4.74 Å². The van der Waals surface area contributed by atoms with Gasteiger partial charge in [-0.2, -0.15) is 4.39 Å². The molecule has 80 valence electrons. The zero-order valence-corrected chi connectivity index (χ0v) is 7.83. The number of rotatable bonds is 2. The third kappa shape index (κ3) is 2.77. The second-order valence-electron chi connectivity index (χ2n) is 2.69. The molecule has 0 atom stereocenters. The molecule has 1 N–H and O–H groups in total. The molecule has 0 aromatic heterocycles. The van der Waals surface area contributed by atoms with E-state index in [1.807, 2.05) is 0 Å². The third-order valence-corrected chi connectivity index (χ3v) is 1.65. The molecule has 0 aliphatic carbocycles. The predicted octanol–water partition coefficient (Wildman–Crippen LogP) is 2.01. The van der Waals surface area contributed by atoms with Crippen LogP contribution in [-0.4, -0.2) is 18.2 Å². The van der Waals surface area contributed by atoms with Crippen molar-refractivity contribution in [3.05, 3.63) is 35.4 Å². The molecule has 1 aromatic rings. The van der Waals surface area contributed by atoms with Gasteiger partial charge in [-0.25, -0.2) is 9.18 Å². The molecule has 5 heteroatoms. The number of methoxy groups -OCH3 is 1. The van der Waals surface area contributed by atoms with Crippen molar-refractivity contribution in [1.29, 1.82) is 0 Å². The summed E-state index contributed by atoms with van der Waals surface area (Å²) >= 11 is 0. The van der Waals surface area contributed by atoms with Crippen molar-refractivity contribution in [2.45, 2.75) is 0 Å². The first-order chi connectivity index (χ1) is 7.04. The summed E-state index contributed by atoms with van der Waals surface area (Å²) in [5.41, 5.74) is 0.119. The fraction of sp³-hybridized carbons (Fsp3) is 0.100. The lowest BCUT2D eigenvalue weighted by atomic mass is 10.2. The van der Waals surface area contributed by atoms with Gasteiger partial charge in [0.05, 0.1) is 7.11 Å². The number of carbonyl (C=O) groups is 1. The molecular weight excluding hydrogens is 206 g/mol. The molecule has 0 amide bonds. The van der Waals surface area contributed by atoms with Crippen LogP contribution in [0.1, 0.15) is 5.56 Å². The average molecular weight is 214 g/mol. The number of halogens is 2. The Kier molecular flexibility index (Phi) is 3.38. The zero-order chi connectivity index (χ0) is 11.4. The fourth-order valence-electron chi connectivity index (χ4n) is 0.916. The van der Waals surface area contributed by atoms with Gasteiger partial charge >= 0.3 is 5.97 Å². The first kappa shape index (κ1) is 11.2. The third-order valence-electron chi connectivity index (χ3n) is 1.65. The van der Waals surface area contributed by atoms with Gasteiger partial charge in [0.1, 0.15) is 0 Å². The van der Waals surface area contributed by atoms with Crippen molar-refractivity contribution in [2.75, 3.05) is 7.11 Å². The van der Waals surface area contributed by atoms with E-state index in [9.17, 15) is 13.6 Å². The summed E-state index contributed by atoms with van der Waals surface area (Å²) in [5.74, 6) is -3.70. The first-order valence-corrected chi connectivity index (χ1v) is 3.98. The number of hydrogen-bond donors (Lipinski definition) is 1. The lowest BCUT2D eigenvalue weighted by Crippen LogP contribution is -1.99. The molecule has 0 bridgehead atoms. The largest absolute Gasteiger partial charge is 0.505 e. The number of carbonyl (C=O) groups excluding carboxylic acids is 1. The van der Waals surface area contributed by atoms with Gasteiger partial charge in [0.25, 0.3) is 0 Å². The zero-order valence-electron chi connectivity index (χ0n) is 7.83. The summed E-state index contributed by atoms with van der Waals surface area (Å²) in [4.78, 5) is 10.7. The van der Waals surface area contributed by atoms with E-state index < -0.39 is 23.4 Å². The van der Waals surface area contributed by atoms with Crippen LogP contribution in [-0.2, 0) is 9.53 Å².